The SMILES string of the molecule is Cn1c2c(c(=O)n(C)c1=O)[C@H](c1c3ccccc3cc3ccccc13)[C@H]1C(=O)c3ccccc3C1=N2. The molecule has 6 nitrogen and oxygen atoms in total. The largest absolute Gasteiger partial charge is 0.332 e. The lowest BCUT2D eigenvalue weighted by atomic mass is 9.73. The summed E-state index contributed by atoms with van der Waals surface area (Å²) in [6.07, 6.45) is 0. The Bertz CT molecular complexity index is 1890. The van der Waals surface area contributed by atoms with Crippen LogP contribution in [-0.4, -0.2) is 20.6 Å². The number of hydrogen-bond acceptors (Lipinski definition) is 4. The fourth-order valence-corrected chi connectivity index (χ4v) is 6.06. The Hall–Kier alpha value is -4.58. The summed E-state index contributed by atoms with van der Waals surface area (Å²) in [5.74, 6) is -0.989. The van der Waals surface area contributed by atoms with Crippen molar-refractivity contribution >= 4 is 38.9 Å². The van der Waals surface area contributed by atoms with Gasteiger partial charge in [0.15, 0.2) is 5.78 Å². The summed E-state index contributed by atoms with van der Waals surface area (Å²) < 4.78 is 2.54. The molecule has 1 aromatic heterocycles. The molecular weight excluding hydrogens is 450 g/mol. The molecule has 0 fully saturated rings. The number of fused-ring (bicyclic) bond motifs is 6. The minimum Gasteiger partial charge on any atom is -0.293 e. The predicted octanol–water partition coefficient (Wildman–Crippen LogP) is 4.47. The molecule has 0 bridgehead atoms. The molecular formula is C30H21N3O3. The number of nitrogens with zero attached hydrogens (tertiary/aromatic N) is 3. The van der Waals surface area contributed by atoms with Crippen molar-refractivity contribution in [2.24, 2.45) is 25.0 Å². The second kappa shape index (κ2) is 7.21. The van der Waals surface area contributed by atoms with Crippen molar-refractivity contribution < 1.29 is 4.79 Å². The normalized spacial score (nSPS) is 18.2. The number of carbonyl (C=O) groups excluding carboxylic acids is 1. The van der Waals surface area contributed by atoms with E-state index in [1.165, 1.54) is 11.6 Å². The van der Waals surface area contributed by atoms with Gasteiger partial charge in [-0.05, 0) is 33.2 Å². The quantitative estimate of drug-likeness (QED) is 0.339. The molecule has 2 aliphatic rings. The van der Waals surface area contributed by atoms with Crippen LogP contribution in [0.25, 0.3) is 21.5 Å². The first-order valence-corrected chi connectivity index (χ1v) is 11.9. The first kappa shape index (κ1) is 20.8. The molecule has 0 unspecified atom stereocenters. The summed E-state index contributed by atoms with van der Waals surface area (Å²) in [4.78, 5) is 45.5. The van der Waals surface area contributed by atoms with Crippen molar-refractivity contribution in [3.63, 3.8) is 0 Å². The van der Waals surface area contributed by atoms with Crippen LogP contribution in [0.4, 0.5) is 5.82 Å². The number of aromatic nitrogens is 2. The van der Waals surface area contributed by atoms with E-state index in [0.29, 0.717) is 22.7 Å². The zero-order valence-corrected chi connectivity index (χ0v) is 19.7. The van der Waals surface area contributed by atoms with Gasteiger partial charge in [-0.1, -0.05) is 72.8 Å². The molecule has 0 amide bonds. The van der Waals surface area contributed by atoms with E-state index >= 15 is 0 Å². The summed E-state index contributed by atoms with van der Waals surface area (Å²) in [6.45, 7) is 0. The highest BCUT2D eigenvalue weighted by Crippen LogP contribution is 2.49. The van der Waals surface area contributed by atoms with Crippen LogP contribution in [0.3, 0.4) is 0 Å². The molecule has 2 heterocycles. The molecule has 174 valence electrons. The van der Waals surface area contributed by atoms with Gasteiger partial charge in [-0.25, -0.2) is 9.79 Å². The van der Waals surface area contributed by atoms with Crippen LogP contribution in [-0.2, 0) is 14.1 Å². The molecule has 36 heavy (non-hydrogen) atoms. The molecule has 6 heteroatoms. The zero-order valence-electron chi connectivity index (χ0n) is 19.7. The van der Waals surface area contributed by atoms with E-state index in [1.807, 2.05) is 72.8 Å². The maximum absolute atomic E-state index is 14.0. The Morgan fingerprint density at radius 2 is 1.25 bits per heavy atom. The molecule has 0 saturated heterocycles. The minimum absolute atomic E-state index is 0.0482. The highest BCUT2D eigenvalue weighted by molar-refractivity contribution is 6.30. The fourth-order valence-electron chi connectivity index (χ4n) is 6.06. The first-order valence-electron chi connectivity index (χ1n) is 11.9. The summed E-state index contributed by atoms with van der Waals surface area (Å²) >= 11 is 0. The second-order valence-electron chi connectivity index (χ2n) is 9.54. The van der Waals surface area contributed by atoms with Crippen molar-refractivity contribution in [2.75, 3.05) is 0 Å². The van der Waals surface area contributed by atoms with Crippen LogP contribution >= 0.6 is 0 Å². The van der Waals surface area contributed by atoms with Gasteiger partial charge < -0.3 is 0 Å². The summed E-state index contributed by atoms with van der Waals surface area (Å²) in [6, 6.07) is 25.7. The Kier molecular flexibility index (Phi) is 4.16. The van der Waals surface area contributed by atoms with Gasteiger partial charge >= 0.3 is 5.69 Å². The molecule has 4 aromatic carbocycles. The number of rotatable bonds is 1. The van der Waals surface area contributed by atoms with E-state index in [1.54, 1.807) is 7.05 Å². The third kappa shape index (κ3) is 2.56. The number of carbonyl (C=O) groups is 1. The van der Waals surface area contributed by atoms with Crippen LogP contribution in [0.2, 0.25) is 0 Å². The van der Waals surface area contributed by atoms with E-state index in [9.17, 15) is 14.4 Å². The maximum Gasteiger partial charge on any atom is 0.332 e. The number of Topliss-reactive ketones (excluding diaryl/α,β-unsaturated/α-hetero) is 1. The monoisotopic (exact) mass is 471 g/mol. The molecule has 0 spiro atoms. The van der Waals surface area contributed by atoms with Gasteiger partial charge in [-0.3, -0.25) is 18.7 Å². The Morgan fingerprint density at radius 3 is 1.92 bits per heavy atom. The van der Waals surface area contributed by atoms with Crippen LogP contribution in [0, 0.1) is 5.92 Å². The van der Waals surface area contributed by atoms with E-state index < -0.39 is 23.1 Å². The predicted molar refractivity (Wildman–Crippen MR) is 141 cm³/mol. The lowest BCUT2D eigenvalue weighted by Gasteiger charge is -2.31. The topological polar surface area (TPSA) is 73.4 Å². The number of ketones is 1. The molecule has 1 aliphatic heterocycles. The molecule has 5 aromatic rings. The van der Waals surface area contributed by atoms with Crippen LogP contribution < -0.4 is 11.2 Å². The molecule has 7 rings (SSSR count). The van der Waals surface area contributed by atoms with E-state index in [0.717, 1.165) is 37.2 Å². The highest BCUT2D eigenvalue weighted by atomic mass is 16.2. The molecule has 0 N–H and O–H groups in total. The van der Waals surface area contributed by atoms with Gasteiger partial charge in [-0.2, -0.15) is 0 Å². The average molecular weight is 472 g/mol. The van der Waals surface area contributed by atoms with Gasteiger partial charge in [0, 0.05) is 31.1 Å². The van der Waals surface area contributed by atoms with Crippen molar-refractivity contribution in [2.45, 2.75) is 5.92 Å². The molecule has 1 aliphatic carbocycles. The van der Waals surface area contributed by atoms with Crippen LogP contribution in [0.1, 0.15) is 33.0 Å². The van der Waals surface area contributed by atoms with Crippen molar-refractivity contribution in [3.05, 3.63) is 122 Å². The van der Waals surface area contributed by atoms with Crippen molar-refractivity contribution in [3.8, 4) is 0 Å². The number of benzene rings is 4. The summed E-state index contributed by atoms with van der Waals surface area (Å²) in [5, 5.41) is 4.02. The summed E-state index contributed by atoms with van der Waals surface area (Å²) in [5.41, 5.74) is 2.43. The van der Waals surface area contributed by atoms with E-state index in [-0.39, 0.29) is 5.78 Å². The van der Waals surface area contributed by atoms with E-state index in [4.69, 9.17) is 4.99 Å². The third-order valence-corrected chi connectivity index (χ3v) is 7.71. The van der Waals surface area contributed by atoms with Gasteiger partial charge in [0.1, 0.15) is 5.82 Å². The Labute approximate surface area is 205 Å². The van der Waals surface area contributed by atoms with Crippen molar-refractivity contribution in [1.82, 2.24) is 9.13 Å². The highest BCUT2D eigenvalue weighted by Gasteiger charge is 2.48. The second-order valence-corrected chi connectivity index (χ2v) is 9.54. The van der Waals surface area contributed by atoms with Gasteiger partial charge in [0.05, 0.1) is 17.2 Å². The van der Waals surface area contributed by atoms with Gasteiger partial charge in [-0.15, -0.1) is 0 Å². The zero-order chi connectivity index (χ0) is 24.7. The first-order chi connectivity index (χ1) is 17.5. The van der Waals surface area contributed by atoms with Crippen LogP contribution in [0.15, 0.2) is 93.4 Å². The lowest BCUT2D eigenvalue weighted by Crippen LogP contribution is -2.43. The number of aliphatic imine (C=N–C) groups is 1. The molecule has 0 radical (unpaired) electrons. The number of hydrogen-bond donors (Lipinski definition) is 0. The maximum atomic E-state index is 14.0. The Morgan fingerprint density at radius 1 is 0.667 bits per heavy atom. The third-order valence-electron chi connectivity index (χ3n) is 7.71. The molecule has 2 atom stereocenters. The van der Waals surface area contributed by atoms with Crippen LogP contribution in [0.5, 0.6) is 0 Å². The summed E-state index contributed by atoms with van der Waals surface area (Å²) in [7, 11) is 3.11. The van der Waals surface area contributed by atoms with E-state index in [2.05, 4.69) is 6.07 Å². The van der Waals surface area contributed by atoms with Crippen molar-refractivity contribution in [1.29, 1.82) is 0 Å². The lowest BCUT2D eigenvalue weighted by molar-refractivity contribution is 0.0953. The average Bonchev–Trinajstić information content (AvgIpc) is 3.20. The molecule has 0 saturated carbocycles. The fraction of sp³-hybridized carbons (Fsp3) is 0.133. The van der Waals surface area contributed by atoms with Gasteiger partial charge in [0.2, 0.25) is 0 Å². The minimum atomic E-state index is -0.658. The van der Waals surface area contributed by atoms with Gasteiger partial charge in [0.25, 0.3) is 5.56 Å². The Balaban J connectivity index is 1.70. The standard InChI is InChI=1S/C30H21N3O3/c1-32-28-25(29(35)33(2)30(32)36)23(24-26(31-28)20-13-7-8-14-21(20)27(24)34)22-18-11-5-3-9-16(18)15-17-10-4-6-12-19(17)22/h3-15,23-24H,1-2H3/t23-,24-/m1/s1. The smallest absolute Gasteiger partial charge is 0.293 e.